The molecular weight excluding hydrogens is 318 g/mol. The van der Waals surface area contributed by atoms with Crippen molar-refractivity contribution in [2.45, 2.75) is 59.3 Å². The van der Waals surface area contributed by atoms with Crippen molar-refractivity contribution in [3.8, 4) is 11.1 Å². The first-order valence-corrected chi connectivity index (χ1v) is 9.87. The SMILES string of the molecule is CCCCN(Cc1ccc(-c2ccccc2C(N)N)cc1)C(C)C(C)C. The van der Waals surface area contributed by atoms with E-state index in [2.05, 4.69) is 62.9 Å². The van der Waals surface area contributed by atoms with Gasteiger partial charge in [-0.1, -0.05) is 75.7 Å². The molecule has 2 rings (SSSR count). The molecule has 0 aliphatic heterocycles. The molecule has 0 saturated heterocycles. The molecule has 2 aromatic rings. The van der Waals surface area contributed by atoms with Crippen LogP contribution in [0, 0.1) is 5.92 Å². The van der Waals surface area contributed by atoms with Crippen LogP contribution in [-0.2, 0) is 6.54 Å². The Morgan fingerprint density at radius 3 is 2.15 bits per heavy atom. The van der Waals surface area contributed by atoms with Gasteiger partial charge in [-0.3, -0.25) is 4.90 Å². The van der Waals surface area contributed by atoms with Crippen molar-refractivity contribution in [2.75, 3.05) is 6.54 Å². The van der Waals surface area contributed by atoms with E-state index in [1.807, 2.05) is 18.2 Å². The average Bonchev–Trinajstić information content (AvgIpc) is 2.65. The van der Waals surface area contributed by atoms with Gasteiger partial charge in [0.1, 0.15) is 0 Å². The van der Waals surface area contributed by atoms with Crippen molar-refractivity contribution in [1.29, 1.82) is 0 Å². The zero-order valence-electron chi connectivity index (χ0n) is 16.8. The molecule has 3 nitrogen and oxygen atoms in total. The predicted octanol–water partition coefficient (Wildman–Crippen LogP) is 4.92. The van der Waals surface area contributed by atoms with Crippen molar-refractivity contribution < 1.29 is 0 Å². The fraction of sp³-hybridized carbons (Fsp3) is 0.478. The van der Waals surface area contributed by atoms with Crippen LogP contribution >= 0.6 is 0 Å². The highest BCUT2D eigenvalue weighted by molar-refractivity contribution is 5.68. The molecule has 26 heavy (non-hydrogen) atoms. The number of nitrogens with zero attached hydrogens (tertiary/aromatic N) is 1. The van der Waals surface area contributed by atoms with Crippen LogP contribution in [0.25, 0.3) is 11.1 Å². The van der Waals surface area contributed by atoms with Gasteiger partial charge in [-0.2, -0.15) is 0 Å². The lowest BCUT2D eigenvalue weighted by Gasteiger charge is -2.32. The highest BCUT2D eigenvalue weighted by atomic mass is 15.1. The van der Waals surface area contributed by atoms with E-state index in [1.165, 1.54) is 24.0 Å². The van der Waals surface area contributed by atoms with Gasteiger partial charge < -0.3 is 11.5 Å². The Morgan fingerprint density at radius 2 is 1.58 bits per heavy atom. The Bertz CT molecular complexity index is 661. The second-order valence-corrected chi connectivity index (χ2v) is 7.62. The van der Waals surface area contributed by atoms with Crippen molar-refractivity contribution in [3.63, 3.8) is 0 Å². The molecule has 0 aromatic heterocycles. The quantitative estimate of drug-likeness (QED) is 0.629. The van der Waals surface area contributed by atoms with Crippen LogP contribution in [0.1, 0.15) is 57.8 Å². The van der Waals surface area contributed by atoms with Gasteiger partial charge in [0.15, 0.2) is 0 Å². The van der Waals surface area contributed by atoms with Crippen LogP contribution < -0.4 is 11.5 Å². The first-order valence-electron chi connectivity index (χ1n) is 9.87. The minimum atomic E-state index is -0.456. The van der Waals surface area contributed by atoms with Crippen LogP contribution in [-0.4, -0.2) is 17.5 Å². The van der Waals surface area contributed by atoms with Crippen LogP contribution in [0.4, 0.5) is 0 Å². The fourth-order valence-electron chi connectivity index (χ4n) is 3.28. The molecule has 0 amide bonds. The maximum atomic E-state index is 5.93. The lowest BCUT2D eigenvalue weighted by molar-refractivity contribution is 0.158. The molecule has 1 atom stereocenters. The Hall–Kier alpha value is -1.68. The molecule has 0 fully saturated rings. The van der Waals surface area contributed by atoms with E-state index in [1.54, 1.807) is 0 Å². The molecule has 0 aliphatic rings. The molecule has 0 heterocycles. The topological polar surface area (TPSA) is 55.3 Å². The number of rotatable bonds is 9. The second kappa shape index (κ2) is 9.86. The van der Waals surface area contributed by atoms with Gasteiger partial charge in [0.2, 0.25) is 0 Å². The van der Waals surface area contributed by atoms with Crippen molar-refractivity contribution in [1.82, 2.24) is 4.90 Å². The standard InChI is InChI=1S/C23H35N3/c1-5-6-15-26(18(4)17(2)3)16-19-11-13-20(14-12-19)21-9-7-8-10-22(21)23(24)25/h7-14,17-18,23H,5-6,15-16,24-25H2,1-4H3. The Morgan fingerprint density at radius 1 is 0.923 bits per heavy atom. The Balaban J connectivity index is 2.18. The summed E-state index contributed by atoms with van der Waals surface area (Å²) in [4.78, 5) is 2.60. The summed E-state index contributed by atoms with van der Waals surface area (Å²) in [5, 5.41) is 0. The highest BCUT2D eigenvalue weighted by Crippen LogP contribution is 2.26. The van der Waals surface area contributed by atoms with Gasteiger partial charge in [0.25, 0.3) is 0 Å². The van der Waals surface area contributed by atoms with Gasteiger partial charge in [0, 0.05) is 12.6 Å². The molecule has 0 spiro atoms. The summed E-state index contributed by atoms with van der Waals surface area (Å²) in [5.74, 6) is 0.657. The third-order valence-electron chi connectivity index (χ3n) is 5.31. The number of nitrogens with two attached hydrogens (primary N) is 2. The average molecular weight is 354 g/mol. The van der Waals surface area contributed by atoms with E-state index in [-0.39, 0.29) is 0 Å². The summed E-state index contributed by atoms with van der Waals surface area (Å²) in [6.07, 6.45) is 2.02. The van der Waals surface area contributed by atoms with Crippen molar-refractivity contribution in [2.24, 2.45) is 17.4 Å². The third-order valence-corrected chi connectivity index (χ3v) is 5.31. The first kappa shape index (κ1) is 20.6. The van der Waals surface area contributed by atoms with Crippen LogP contribution in [0.5, 0.6) is 0 Å². The lowest BCUT2D eigenvalue weighted by Crippen LogP contribution is -2.36. The van der Waals surface area contributed by atoms with Gasteiger partial charge in [0.05, 0.1) is 6.17 Å². The van der Waals surface area contributed by atoms with Gasteiger partial charge in [-0.05, 0) is 48.1 Å². The summed E-state index contributed by atoms with van der Waals surface area (Å²) in [6.45, 7) is 11.4. The molecule has 0 aliphatic carbocycles. The van der Waals surface area contributed by atoms with E-state index in [0.717, 1.165) is 24.2 Å². The normalized spacial score (nSPS) is 13.0. The minimum Gasteiger partial charge on any atom is -0.312 e. The zero-order valence-corrected chi connectivity index (χ0v) is 16.8. The predicted molar refractivity (Wildman–Crippen MR) is 113 cm³/mol. The van der Waals surface area contributed by atoms with Gasteiger partial charge in [-0.15, -0.1) is 0 Å². The minimum absolute atomic E-state index is 0.456. The molecule has 0 bridgehead atoms. The van der Waals surface area contributed by atoms with E-state index >= 15 is 0 Å². The van der Waals surface area contributed by atoms with E-state index in [4.69, 9.17) is 11.5 Å². The van der Waals surface area contributed by atoms with Crippen molar-refractivity contribution >= 4 is 0 Å². The van der Waals surface area contributed by atoms with Gasteiger partial charge in [-0.25, -0.2) is 0 Å². The van der Waals surface area contributed by atoms with E-state index in [9.17, 15) is 0 Å². The molecule has 3 heteroatoms. The summed E-state index contributed by atoms with van der Waals surface area (Å²) in [6, 6.07) is 17.5. The molecule has 1 unspecified atom stereocenters. The largest absolute Gasteiger partial charge is 0.312 e. The number of benzene rings is 2. The second-order valence-electron chi connectivity index (χ2n) is 7.62. The van der Waals surface area contributed by atoms with E-state index < -0.39 is 6.17 Å². The first-order chi connectivity index (χ1) is 12.4. The summed E-state index contributed by atoms with van der Waals surface area (Å²) in [7, 11) is 0. The molecule has 142 valence electrons. The number of unbranched alkanes of at least 4 members (excludes halogenated alkanes) is 1. The van der Waals surface area contributed by atoms with E-state index in [0.29, 0.717) is 12.0 Å². The van der Waals surface area contributed by atoms with Crippen LogP contribution in [0.15, 0.2) is 48.5 Å². The van der Waals surface area contributed by atoms with Crippen LogP contribution in [0.2, 0.25) is 0 Å². The summed E-state index contributed by atoms with van der Waals surface area (Å²) in [5.41, 5.74) is 16.5. The molecule has 0 radical (unpaired) electrons. The Kier molecular flexibility index (Phi) is 7.83. The zero-order chi connectivity index (χ0) is 19.1. The molecular formula is C23H35N3. The number of hydrogen-bond acceptors (Lipinski definition) is 3. The molecule has 4 N–H and O–H groups in total. The fourth-order valence-corrected chi connectivity index (χ4v) is 3.28. The number of hydrogen-bond donors (Lipinski definition) is 2. The molecule has 0 saturated carbocycles. The van der Waals surface area contributed by atoms with Crippen molar-refractivity contribution in [3.05, 3.63) is 59.7 Å². The summed E-state index contributed by atoms with van der Waals surface area (Å²) >= 11 is 0. The lowest BCUT2D eigenvalue weighted by atomic mass is 9.97. The van der Waals surface area contributed by atoms with Crippen LogP contribution in [0.3, 0.4) is 0 Å². The highest BCUT2D eigenvalue weighted by Gasteiger charge is 2.17. The maximum Gasteiger partial charge on any atom is 0.0790 e. The maximum absolute atomic E-state index is 5.93. The molecule has 2 aromatic carbocycles. The monoisotopic (exact) mass is 353 g/mol. The third kappa shape index (κ3) is 5.41. The summed E-state index contributed by atoms with van der Waals surface area (Å²) < 4.78 is 0. The Labute approximate surface area is 159 Å². The van der Waals surface area contributed by atoms with Gasteiger partial charge >= 0.3 is 0 Å². The smallest absolute Gasteiger partial charge is 0.0790 e.